The van der Waals surface area contributed by atoms with Gasteiger partial charge in [-0.3, -0.25) is 4.79 Å². The number of hydrogen-bond acceptors (Lipinski definition) is 4. The van der Waals surface area contributed by atoms with Gasteiger partial charge in [0.25, 0.3) is 0 Å². The number of carbonyl (C=O) groups is 1. The lowest BCUT2D eigenvalue weighted by Gasteiger charge is -2.05. The summed E-state index contributed by atoms with van der Waals surface area (Å²) in [7, 11) is 0. The van der Waals surface area contributed by atoms with E-state index in [4.69, 9.17) is 43.6 Å². The van der Waals surface area contributed by atoms with Crippen LogP contribution in [0, 0.1) is 0 Å². The van der Waals surface area contributed by atoms with Crippen molar-refractivity contribution >= 4 is 63.6 Å². The Morgan fingerprint density at radius 3 is 2.64 bits per heavy atom. The zero-order chi connectivity index (χ0) is 25.2. The average molecular weight is 538 g/mol. The maximum absolute atomic E-state index is 12.6. The van der Waals surface area contributed by atoms with Crippen LogP contribution < -0.4 is 5.32 Å². The van der Waals surface area contributed by atoms with Crippen LogP contribution in [0.1, 0.15) is 18.2 Å². The number of rotatable bonds is 6. The van der Waals surface area contributed by atoms with Crippen molar-refractivity contribution < 1.29 is 13.6 Å². The van der Waals surface area contributed by atoms with Crippen LogP contribution in [-0.2, 0) is 11.2 Å². The van der Waals surface area contributed by atoms with E-state index < -0.39 is 0 Å². The van der Waals surface area contributed by atoms with Gasteiger partial charge in [0.2, 0.25) is 11.8 Å². The molecule has 0 fully saturated rings. The second-order valence-corrected chi connectivity index (χ2v) is 9.19. The highest BCUT2D eigenvalue weighted by Gasteiger charge is 2.14. The van der Waals surface area contributed by atoms with E-state index in [2.05, 4.69) is 17.2 Å². The Labute approximate surface area is 222 Å². The summed E-state index contributed by atoms with van der Waals surface area (Å²) in [4.78, 5) is 17.1. The molecule has 3 aromatic carbocycles. The molecule has 0 saturated heterocycles. The maximum Gasteiger partial charge on any atom is 0.248 e. The van der Waals surface area contributed by atoms with Crippen molar-refractivity contribution in [3.05, 3.63) is 99.2 Å². The first-order valence-electron chi connectivity index (χ1n) is 11.1. The molecule has 0 aliphatic rings. The summed E-state index contributed by atoms with van der Waals surface area (Å²) in [5, 5.41) is 4.13. The Morgan fingerprint density at radius 2 is 1.81 bits per heavy atom. The maximum atomic E-state index is 12.6. The summed E-state index contributed by atoms with van der Waals surface area (Å²) in [6.07, 6.45) is 3.85. The molecule has 8 heteroatoms. The summed E-state index contributed by atoms with van der Waals surface area (Å²) < 4.78 is 11.7. The number of halogens is 3. The lowest BCUT2D eigenvalue weighted by molar-refractivity contribution is -0.111. The Morgan fingerprint density at radius 1 is 0.944 bits per heavy atom. The lowest BCUT2D eigenvalue weighted by Crippen LogP contribution is -2.07. The molecule has 2 heterocycles. The third-order valence-corrected chi connectivity index (χ3v) is 6.72. The first-order chi connectivity index (χ1) is 17.4. The molecule has 1 N–H and O–H groups in total. The Bertz CT molecular complexity index is 1620. The fourth-order valence-corrected chi connectivity index (χ4v) is 4.29. The normalized spacial score (nSPS) is 11.4. The van der Waals surface area contributed by atoms with E-state index in [-0.39, 0.29) is 5.91 Å². The number of nitrogens with one attached hydrogen (secondary N) is 1. The van der Waals surface area contributed by atoms with E-state index >= 15 is 0 Å². The van der Waals surface area contributed by atoms with Gasteiger partial charge in [-0.2, -0.15) is 0 Å². The van der Waals surface area contributed by atoms with Crippen molar-refractivity contribution in [2.75, 3.05) is 5.32 Å². The second kappa shape index (κ2) is 10.2. The van der Waals surface area contributed by atoms with Gasteiger partial charge in [0, 0.05) is 17.3 Å². The number of nitrogens with zero attached hydrogens (tertiary/aromatic N) is 1. The first kappa shape index (κ1) is 24.2. The molecule has 0 aliphatic heterocycles. The summed E-state index contributed by atoms with van der Waals surface area (Å²) in [5.41, 5.74) is 4.41. The van der Waals surface area contributed by atoms with Crippen LogP contribution in [0.25, 0.3) is 40.0 Å². The molecule has 0 spiro atoms. The first-order valence-corrected chi connectivity index (χ1v) is 12.3. The van der Waals surface area contributed by atoms with Crippen LogP contribution in [-0.4, -0.2) is 10.9 Å². The number of carbonyl (C=O) groups excluding carboxylic acids is 1. The monoisotopic (exact) mass is 536 g/mol. The van der Waals surface area contributed by atoms with E-state index in [1.165, 1.54) is 11.6 Å². The van der Waals surface area contributed by atoms with Crippen LogP contribution in [0.2, 0.25) is 15.1 Å². The average Bonchev–Trinajstić information content (AvgIpc) is 3.52. The molecule has 5 rings (SSSR count). The SMILES string of the molecule is CCc1ccc2oc(-c3cc(NC(=O)C=Cc4ccc(-c5cccc(Cl)c5Cl)o4)ccc3Cl)nc2c1. The van der Waals surface area contributed by atoms with Gasteiger partial charge >= 0.3 is 0 Å². The fourth-order valence-electron chi connectivity index (χ4n) is 3.70. The molecule has 180 valence electrons. The van der Waals surface area contributed by atoms with Crippen molar-refractivity contribution in [1.82, 2.24) is 4.98 Å². The van der Waals surface area contributed by atoms with Gasteiger partial charge in [-0.1, -0.05) is 53.9 Å². The largest absolute Gasteiger partial charge is 0.457 e. The van der Waals surface area contributed by atoms with Crippen molar-refractivity contribution in [2.24, 2.45) is 0 Å². The van der Waals surface area contributed by atoms with Crippen molar-refractivity contribution in [3.63, 3.8) is 0 Å². The number of benzene rings is 3. The van der Waals surface area contributed by atoms with Crippen molar-refractivity contribution in [2.45, 2.75) is 13.3 Å². The van der Waals surface area contributed by atoms with Gasteiger partial charge in [-0.15, -0.1) is 0 Å². The van der Waals surface area contributed by atoms with Gasteiger partial charge in [0.05, 0.1) is 20.6 Å². The molecular weight excluding hydrogens is 519 g/mol. The molecule has 36 heavy (non-hydrogen) atoms. The minimum Gasteiger partial charge on any atom is -0.457 e. The number of hydrogen-bond donors (Lipinski definition) is 1. The van der Waals surface area contributed by atoms with E-state index in [0.717, 1.165) is 11.9 Å². The van der Waals surface area contributed by atoms with E-state index in [1.807, 2.05) is 24.3 Å². The number of aryl methyl sites for hydroxylation is 1. The highest BCUT2D eigenvalue weighted by atomic mass is 35.5. The Kier molecular flexibility index (Phi) is 6.88. The van der Waals surface area contributed by atoms with E-state index in [0.29, 0.717) is 54.9 Å². The summed E-state index contributed by atoms with van der Waals surface area (Å²) in [6, 6.07) is 19.8. The summed E-state index contributed by atoms with van der Waals surface area (Å²) in [6.45, 7) is 2.08. The number of fused-ring (bicyclic) bond motifs is 1. The highest BCUT2D eigenvalue weighted by molar-refractivity contribution is 6.43. The molecule has 5 nitrogen and oxygen atoms in total. The number of oxazole rings is 1. The predicted octanol–water partition coefficient (Wildman–Crippen LogP) is 8.93. The highest BCUT2D eigenvalue weighted by Crippen LogP contribution is 2.35. The molecular formula is C28H19Cl3N2O3. The summed E-state index contributed by atoms with van der Waals surface area (Å²) >= 11 is 18.8. The number of furan rings is 1. The molecule has 0 unspecified atom stereocenters. The molecule has 0 atom stereocenters. The zero-order valence-corrected chi connectivity index (χ0v) is 21.3. The second-order valence-electron chi connectivity index (χ2n) is 8.00. The molecule has 2 aromatic heterocycles. The van der Waals surface area contributed by atoms with E-state index in [1.54, 1.807) is 48.5 Å². The molecule has 0 radical (unpaired) electrons. The smallest absolute Gasteiger partial charge is 0.248 e. The Hall–Kier alpha value is -3.51. The minimum atomic E-state index is -0.341. The zero-order valence-electron chi connectivity index (χ0n) is 19.0. The van der Waals surface area contributed by atoms with Crippen molar-refractivity contribution in [3.8, 4) is 22.8 Å². The fraction of sp³-hybridized carbons (Fsp3) is 0.0714. The van der Waals surface area contributed by atoms with Crippen LogP contribution in [0.3, 0.4) is 0 Å². The van der Waals surface area contributed by atoms with Gasteiger partial charge in [0.15, 0.2) is 5.58 Å². The third kappa shape index (κ3) is 5.05. The molecule has 0 bridgehead atoms. The van der Waals surface area contributed by atoms with E-state index in [9.17, 15) is 4.79 Å². The summed E-state index contributed by atoms with van der Waals surface area (Å²) in [5.74, 6) is 1.09. The molecule has 1 amide bonds. The molecule has 5 aromatic rings. The number of aromatic nitrogens is 1. The lowest BCUT2D eigenvalue weighted by atomic mass is 10.1. The van der Waals surface area contributed by atoms with Gasteiger partial charge in [-0.05, 0) is 72.7 Å². The minimum absolute atomic E-state index is 0.341. The third-order valence-electron chi connectivity index (χ3n) is 5.57. The van der Waals surface area contributed by atoms with Gasteiger partial charge in [0.1, 0.15) is 17.0 Å². The molecule has 0 aliphatic carbocycles. The standard InChI is InChI=1S/C28H19Cl3N2O3/c1-2-16-6-11-25-23(14-16)33-28(36-25)20-15-17(7-10-21(20)29)32-26(34)13-9-18-8-12-24(35-18)19-4-3-5-22(30)27(19)31/h3-15H,2H2,1H3,(H,32,34). The van der Waals surface area contributed by atoms with Crippen LogP contribution >= 0.6 is 34.8 Å². The van der Waals surface area contributed by atoms with Crippen molar-refractivity contribution in [1.29, 1.82) is 0 Å². The quantitative estimate of drug-likeness (QED) is 0.220. The predicted molar refractivity (Wildman–Crippen MR) is 146 cm³/mol. The Balaban J connectivity index is 1.32. The van der Waals surface area contributed by atoms with Gasteiger partial charge in [-0.25, -0.2) is 4.98 Å². The van der Waals surface area contributed by atoms with Crippen LogP contribution in [0.5, 0.6) is 0 Å². The van der Waals surface area contributed by atoms with Gasteiger partial charge < -0.3 is 14.2 Å². The topological polar surface area (TPSA) is 68.3 Å². The molecule has 0 saturated carbocycles. The van der Waals surface area contributed by atoms with Crippen LogP contribution in [0.4, 0.5) is 5.69 Å². The number of amides is 1. The van der Waals surface area contributed by atoms with Crippen LogP contribution in [0.15, 0.2) is 81.6 Å². The number of anilines is 1.